The number of anilines is 1. The van der Waals surface area contributed by atoms with Gasteiger partial charge in [-0.15, -0.1) is 0 Å². The third-order valence-electron chi connectivity index (χ3n) is 3.93. The van der Waals surface area contributed by atoms with Crippen LogP contribution in [0.25, 0.3) is 0 Å². The number of ether oxygens (including phenoxy) is 1. The van der Waals surface area contributed by atoms with Crippen molar-refractivity contribution in [2.24, 2.45) is 0 Å². The van der Waals surface area contributed by atoms with E-state index in [-0.39, 0.29) is 25.0 Å². The molecule has 0 spiro atoms. The molecule has 3 rings (SSSR count). The van der Waals surface area contributed by atoms with Crippen LogP contribution < -0.4 is 4.90 Å². The normalized spacial score (nSPS) is 14.1. The molecule has 2 aromatic carbocycles. The molecule has 2 aromatic rings. The minimum atomic E-state index is -0.413. The third-order valence-corrected chi connectivity index (χ3v) is 3.93. The largest absolute Gasteiger partial charge is 0.462 e. The number of hydrogen-bond acceptors (Lipinski definition) is 4. The fourth-order valence-corrected chi connectivity index (χ4v) is 2.66. The second-order valence-corrected chi connectivity index (χ2v) is 5.60. The first-order chi connectivity index (χ1) is 12.1. The van der Waals surface area contributed by atoms with E-state index < -0.39 is 5.97 Å². The summed E-state index contributed by atoms with van der Waals surface area (Å²) in [6.45, 7) is 2.27. The number of hydrogen-bond donors (Lipinski definition) is 0. The lowest BCUT2D eigenvalue weighted by Gasteiger charge is -2.17. The summed E-state index contributed by atoms with van der Waals surface area (Å²) in [6, 6.07) is 15.5. The van der Waals surface area contributed by atoms with Gasteiger partial charge in [-0.3, -0.25) is 14.6 Å². The second kappa shape index (κ2) is 7.17. The van der Waals surface area contributed by atoms with Crippen LogP contribution >= 0.6 is 0 Å². The summed E-state index contributed by atoms with van der Waals surface area (Å²) < 4.78 is 4.93. The Kier molecular flexibility index (Phi) is 4.79. The summed E-state index contributed by atoms with van der Waals surface area (Å²) in [7, 11) is 0. The van der Waals surface area contributed by atoms with Gasteiger partial charge >= 0.3 is 12.0 Å². The molecule has 1 fully saturated rings. The number of carbonyl (C=O) groups excluding carboxylic acids is 3. The predicted molar refractivity (Wildman–Crippen MR) is 92.1 cm³/mol. The van der Waals surface area contributed by atoms with Crippen LogP contribution in [0.4, 0.5) is 10.5 Å². The van der Waals surface area contributed by atoms with Gasteiger partial charge in [0, 0.05) is 5.69 Å². The summed E-state index contributed by atoms with van der Waals surface area (Å²) in [5, 5.41) is 0. The highest BCUT2D eigenvalue weighted by Crippen LogP contribution is 2.23. The lowest BCUT2D eigenvalue weighted by atomic mass is 10.2. The average Bonchev–Trinajstić information content (AvgIpc) is 2.91. The van der Waals surface area contributed by atoms with E-state index >= 15 is 0 Å². The lowest BCUT2D eigenvalue weighted by Crippen LogP contribution is -2.32. The van der Waals surface area contributed by atoms with E-state index in [4.69, 9.17) is 4.74 Å². The Bertz CT molecular complexity index is 787. The minimum Gasteiger partial charge on any atom is -0.462 e. The molecule has 1 saturated heterocycles. The van der Waals surface area contributed by atoms with Crippen LogP contribution in [-0.2, 0) is 16.1 Å². The third kappa shape index (κ3) is 3.52. The standard InChI is InChI=1S/C19H18N2O4/c1-2-25-18(23)15-8-10-16(11-9-15)20-13-17(22)21(19(20)24)12-14-6-4-3-5-7-14/h3-11H,2,12-13H2,1H3. The Morgan fingerprint density at radius 3 is 2.36 bits per heavy atom. The van der Waals surface area contributed by atoms with Crippen LogP contribution in [0.1, 0.15) is 22.8 Å². The first-order valence-corrected chi connectivity index (χ1v) is 8.03. The molecule has 6 heteroatoms. The lowest BCUT2D eigenvalue weighted by molar-refractivity contribution is -0.125. The summed E-state index contributed by atoms with van der Waals surface area (Å²) in [5.41, 5.74) is 1.87. The van der Waals surface area contributed by atoms with Crippen molar-refractivity contribution in [3.63, 3.8) is 0 Å². The number of imide groups is 1. The molecular formula is C19H18N2O4. The molecule has 0 atom stereocenters. The van der Waals surface area contributed by atoms with Gasteiger partial charge in [0.2, 0.25) is 0 Å². The van der Waals surface area contributed by atoms with Gasteiger partial charge in [0.25, 0.3) is 5.91 Å². The van der Waals surface area contributed by atoms with Crippen molar-refractivity contribution in [2.75, 3.05) is 18.1 Å². The fraction of sp³-hybridized carbons (Fsp3) is 0.211. The van der Waals surface area contributed by atoms with E-state index in [0.29, 0.717) is 17.9 Å². The van der Waals surface area contributed by atoms with Crippen molar-refractivity contribution in [2.45, 2.75) is 13.5 Å². The Labute approximate surface area is 145 Å². The van der Waals surface area contributed by atoms with E-state index in [9.17, 15) is 14.4 Å². The maximum absolute atomic E-state index is 12.6. The van der Waals surface area contributed by atoms with Crippen LogP contribution in [0.5, 0.6) is 0 Å². The maximum atomic E-state index is 12.6. The second-order valence-electron chi connectivity index (χ2n) is 5.60. The number of esters is 1. The number of nitrogens with zero attached hydrogens (tertiary/aromatic N) is 2. The zero-order valence-electron chi connectivity index (χ0n) is 13.8. The SMILES string of the molecule is CCOC(=O)c1ccc(N2CC(=O)N(Cc3ccccc3)C2=O)cc1. The van der Waals surface area contributed by atoms with Crippen molar-refractivity contribution < 1.29 is 19.1 Å². The van der Waals surface area contributed by atoms with Gasteiger partial charge in [-0.25, -0.2) is 9.59 Å². The van der Waals surface area contributed by atoms with Crippen LogP contribution in [-0.4, -0.2) is 36.0 Å². The van der Waals surface area contributed by atoms with Crippen LogP contribution in [0.2, 0.25) is 0 Å². The number of urea groups is 1. The van der Waals surface area contributed by atoms with Crippen LogP contribution in [0.15, 0.2) is 54.6 Å². The molecule has 25 heavy (non-hydrogen) atoms. The number of rotatable bonds is 5. The summed E-state index contributed by atoms with van der Waals surface area (Å²) in [4.78, 5) is 39.1. The smallest absolute Gasteiger partial charge is 0.338 e. The van der Waals surface area contributed by atoms with E-state index in [1.807, 2.05) is 30.3 Å². The zero-order valence-corrected chi connectivity index (χ0v) is 13.8. The molecule has 128 valence electrons. The average molecular weight is 338 g/mol. The Hall–Kier alpha value is -3.15. The van der Waals surface area contributed by atoms with Crippen molar-refractivity contribution in [1.29, 1.82) is 0 Å². The summed E-state index contributed by atoms with van der Waals surface area (Å²) in [6.07, 6.45) is 0. The van der Waals surface area contributed by atoms with E-state index in [1.165, 1.54) is 9.80 Å². The van der Waals surface area contributed by atoms with Gasteiger partial charge in [-0.05, 0) is 36.8 Å². The van der Waals surface area contributed by atoms with E-state index in [2.05, 4.69) is 0 Å². The van der Waals surface area contributed by atoms with Crippen molar-refractivity contribution >= 4 is 23.6 Å². The molecule has 0 N–H and O–H groups in total. The highest BCUT2D eigenvalue weighted by molar-refractivity contribution is 6.12. The Morgan fingerprint density at radius 1 is 1.04 bits per heavy atom. The van der Waals surface area contributed by atoms with Gasteiger partial charge in [-0.1, -0.05) is 30.3 Å². The monoisotopic (exact) mass is 338 g/mol. The predicted octanol–water partition coefficient (Wildman–Crippen LogP) is 2.83. The quantitative estimate of drug-likeness (QED) is 0.621. The molecule has 0 radical (unpaired) electrons. The molecule has 0 bridgehead atoms. The molecule has 0 unspecified atom stereocenters. The number of benzene rings is 2. The highest BCUT2D eigenvalue weighted by atomic mass is 16.5. The molecule has 1 heterocycles. The van der Waals surface area contributed by atoms with Gasteiger partial charge in [0.15, 0.2) is 0 Å². The fourth-order valence-electron chi connectivity index (χ4n) is 2.66. The van der Waals surface area contributed by atoms with E-state index in [1.54, 1.807) is 31.2 Å². The Balaban J connectivity index is 1.74. The minimum absolute atomic E-state index is 0.00950. The molecule has 1 aliphatic rings. The number of carbonyl (C=O) groups is 3. The van der Waals surface area contributed by atoms with Crippen molar-refractivity contribution in [3.05, 3.63) is 65.7 Å². The van der Waals surface area contributed by atoms with Gasteiger partial charge in [-0.2, -0.15) is 0 Å². The molecule has 1 aliphatic heterocycles. The summed E-state index contributed by atoms with van der Waals surface area (Å²) >= 11 is 0. The molecule has 0 saturated carbocycles. The molecule has 0 aromatic heterocycles. The highest BCUT2D eigenvalue weighted by Gasteiger charge is 2.36. The van der Waals surface area contributed by atoms with Crippen LogP contribution in [0, 0.1) is 0 Å². The zero-order chi connectivity index (χ0) is 17.8. The first kappa shape index (κ1) is 16.7. The molecule has 6 nitrogen and oxygen atoms in total. The summed E-state index contributed by atoms with van der Waals surface area (Å²) in [5.74, 6) is -0.660. The van der Waals surface area contributed by atoms with Gasteiger partial charge < -0.3 is 4.74 Å². The van der Waals surface area contributed by atoms with Gasteiger partial charge in [0.05, 0.1) is 18.7 Å². The van der Waals surface area contributed by atoms with Gasteiger partial charge in [0.1, 0.15) is 6.54 Å². The topological polar surface area (TPSA) is 66.9 Å². The van der Waals surface area contributed by atoms with E-state index in [0.717, 1.165) is 5.56 Å². The Morgan fingerprint density at radius 2 is 1.72 bits per heavy atom. The molecule has 0 aliphatic carbocycles. The molecule has 3 amide bonds. The molecular weight excluding hydrogens is 320 g/mol. The maximum Gasteiger partial charge on any atom is 0.338 e. The van der Waals surface area contributed by atoms with Crippen molar-refractivity contribution in [1.82, 2.24) is 4.90 Å². The number of amides is 3. The first-order valence-electron chi connectivity index (χ1n) is 8.03. The van der Waals surface area contributed by atoms with Crippen molar-refractivity contribution in [3.8, 4) is 0 Å². The van der Waals surface area contributed by atoms with Crippen LogP contribution in [0.3, 0.4) is 0 Å².